The Morgan fingerprint density at radius 3 is 1.77 bits per heavy atom. The van der Waals surface area contributed by atoms with Crippen LogP contribution < -0.4 is 9.47 Å². The third-order valence-electron chi connectivity index (χ3n) is 3.25. The van der Waals surface area contributed by atoms with Crippen LogP contribution in [0.15, 0.2) is 66.7 Å². The van der Waals surface area contributed by atoms with E-state index in [1.54, 1.807) is 6.07 Å². The molecular weight excluding hydrogens is 272 g/mol. The van der Waals surface area contributed by atoms with Gasteiger partial charge in [-0.15, -0.1) is 0 Å². The van der Waals surface area contributed by atoms with Crippen LogP contribution in [0.4, 0.5) is 0 Å². The van der Waals surface area contributed by atoms with Crippen LogP contribution in [0.1, 0.15) is 11.1 Å². The van der Waals surface area contributed by atoms with E-state index >= 15 is 0 Å². The van der Waals surface area contributed by atoms with Gasteiger partial charge in [-0.1, -0.05) is 35.4 Å². The Kier molecular flexibility index (Phi) is 4.10. The fourth-order valence-corrected chi connectivity index (χ4v) is 2.02. The molecule has 3 aromatic rings. The monoisotopic (exact) mass is 289 g/mol. The maximum Gasteiger partial charge on any atom is 0.139 e. The van der Waals surface area contributed by atoms with Gasteiger partial charge in [0.2, 0.25) is 0 Å². The van der Waals surface area contributed by atoms with Gasteiger partial charge in [-0.3, -0.25) is 0 Å². The molecule has 2 heteroatoms. The summed E-state index contributed by atoms with van der Waals surface area (Å²) in [6.45, 7) is 4.10. The van der Waals surface area contributed by atoms with Crippen molar-refractivity contribution in [2.45, 2.75) is 13.8 Å². The van der Waals surface area contributed by atoms with Crippen LogP contribution in [0, 0.1) is 19.9 Å². The number of ether oxygens (including phenoxy) is 2. The van der Waals surface area contributed by atoms with Gasteiger partial charge >= 0.3 is 0 Å². The molecule has 0 fully saturated rings. The van der Waals surface area contributed by atoms with Crippen LogP contribution in [-0.2, 0) is 0 Å². The fourth-order valence-electron chi connectivity index (χ4n) is 2.02. The van der Waals surface area contributed by atoms with E-state index in [2.05, 4.69) is 13.0 Å². The van der Waals surface area contributed by atoms with Crippen LogP contribution in [-0.4, -0.2) is 0 Å². The molecule has 0 atom stereocenters. The van der Waals surface area contributed by atoms with Crippen LogP contribution in [0.25, 0.3) is 0 Å². The maximum atomic E-state index is 5.83. The molecule has 0 N–H and O–H groups in total. The first kappa shape index (κ1) is 14.2. The van der Waals surface area contributed by atoms with E-state index < -0.39 is 0 Å². The minimum Gasteiger partial charge on any atom is -0.457 e. The third-order valence-corrected chi connectivity index (χ3v) is 3.25. The number of hydrogen-bond acceptors (Lipinski definition) is 2. The van der Waals surface area contributed by atoms with Crippen molar-refractivity contribution in [3.8, 4) is 23.0 Å². The van der Waals surface area contributed by atoms with Gasteiger partial charge < -0.3 is 9.47 Å². The van der Waals surface area contributed by atoms with Crippen molar-refractivity contribution >= 4 is 0 Å². The van der Waals surface area contributed by atoms with Crippen molar-refractivity contribution in [3.63, 3.8) is 0 Å². The summed E-state index contributed by atoms with van der Waals surface area (Å²) in [5.41, 5.74) is 2.41. The topological polar surface area (TPSA) is 18.5 Å². The zero-order chi connectivity index (χ0) is 15.4. The van der Waals surface area contributed by atoms with E-state index in [9.17, 15) is 0 Å². The molecule has 0 saturated carbocycles. The van der Waals surface area contributed by atoms with E-state index in [0.29, 0.717) is 5.75 Å². The summed E-state index contributed by atoms with van der Waals surface area (Å²) < 4.78 is 11.6. The lowest BCUT2D eigenvalue weighted by Crippen LogP contribution is -1.87. The smallest absolute Gasteiger partial charge is 0.139 e. The fraction of sp³-hybridized carbons (Fsp3) is 0.100. The van der Waals surface area contributed by atoms with Gasteiger partial charge in [0.05, 0.1) is 0 Å². The SMILES string of the molecule is Cc1ccc(Oc2[c]ccc(Oc3ccc(C)cc3)c2)cc1. The summed E-state index contributed by atoms with van der Waals surface area (Å²) in [5, 5.41) is 0. The Hall–Kier alpha value is -2.74. The van der Waals surface area contributed by atoms with Crippen molar-refractivity contribution in [3.05, 3.63) is 83.9 Å². The highest BCUT2D eigenvalue weighted by molar-refractivity contribution is 5.39. The minimum absolute atomic E-state index is 0.633. The lowest BCUT2D eigenvalue weighted by Gasteiger charge is -2.09. The first-order valence-corrected chi connectivity index (χ1v) is 7.20. The Labute approximate surface area is 131 Å². The molecular formula is C20H17O2. The molecule has 0 aliphatic carbocycles. The predicted molar refractivity (Wildman–Crippen MR) is 87.8 cm³/mol. The summed E-state index contributed by atoms with van der Waals surface area (Å²) in [6, 6.07) is 24.4. The van der Waals surface area contributed by atoms with Crippen LogP contribution >= 0.6 is 0 Å². The largest absolute Gasteiger partial charge is 0.457 e. The summed E-state index contributed by atoms with van der Waals surface area (Å²) in [4.78, 5) is 0. The van der Waals surface area contributed by atoms with Gasteiger partial charge in [0.15, 0.2) is 0 Å². The highest BCUT2D eigenvalue weighted by Crippen LogP contribution is 2.28. The molecule has 0 aliphatic rings. The highest BCUT2D eigenvalue weighted by Gasteiger charge is 2.02. The van der Waals surface area contributed by atoms with E-state index in [1.807, 2.05) is 67.6 Å². The standard InChI is InChI=1S/C20H17O2/c1-15-6-10-17(11-7-15)21-19-4-3-5-20(14-19)22-18-12-8-16(2)9-13-18/h3-4,6-14H,1-2H3. The second-order valence-electron chi connectivity index (χ2n) is 5.22. The predicted octanol–water partition coefficient (Wildman–Crippen LogP) is 5.69. The van der Waals surface area contributed by atoms with Gasteiger partial charge in [0.1, 0.15) is 23.0 Å². The normalized spacial score (nSPS) is 10.3. The van der Waals surface area contributed by atoms with E-state index in [0.717, 1.165) is 17.2 Å². The van der Waals surface area contributed by atoms with Gasteiger partial charge in [-0.2, -0.15) is 0 Å². The van der Waals surface area contributed by atoms with Gasteiger partial charge in [0.25, 0.3) is 0 Å². The Bertz CT molecular complexity index is 681. The lowest BCUT2D eigenvalue weighted by atomic mass is 10.2. The summed E-state index contributed by atoms with van der Waals surface area (Å²) in [7, 11) is 0. The first-order chi connectivity index (χ1) is 10.7. The Morgan fingerprint density at radius 1 is 0.636 bits per heavy atom. The number of rotatable bonds is 4. The number of aryl methyl sites for hydroxylation is 2. The average molecular weight is 289 g/mol. The molecule has 2 nitrogen and oxygen atoms in total. The molecule has 22 heavy (non-hydrogen) atoms. The summed E-state index contributed by atoms with van der Waals surface area (Å²) in [6.07, 6.45) is 0. The molecule has 109 valence electrons. The molecule has 0 aliphatic heterocycles. The van der Waals surface area contributed by atoms with E-state index in [-0.39, 0.29) is 0 Å². The molecule has 3 rings (SSSR count). The van der Waals surface area contributed by atoms with Crippen molar-refractivity contribution in [1.29, 1.82) is 0 Å². The molecule has 0 saturated heterocycles. The van der Waals surface area contributed by atoms with E-state index in [4.69, 9.17) is 9.47 Å². The van der Waals surface area contributed by atoms with E-state index in [1.165, 1.54) is 11.1 Å². The second kappa shape index (κ2) is 6.35. The van der Waals surface area contributed by atoms with Crippen LogP contribution in [0.3, 0.4) is 0 Å². The molecule has 0 unspecified atom stereocenters. The van der Waals surface area contributed by atoms with Crippen LogP contribution in [0.2, 0.25) is 0 Å². The van der Waals surface area contributed by atoms with Crippen molar-refractivity contribution in [2.24, 2.45) is 0 Å². The zero-order valence-corrected chi connectivity index (χ0v) is 12.7. The van der Waals surface area contributed by atoms with Gasteiger partial charge in [-0.05, 0) is 50.2 Å². The van der Waals surface area contributed by atoms with Gasteiger partial charge in [0, 0.05) is 12.1 Å². The maximum absolute atomic E-state index is 5.83. The summed E-state index contributed by atoms with van der Waals surface area (Å²) in [5.74, 6) is 2.95. The van der Waals surface area contributed by atoms with Gasteiger partial charge in [-0.25, -0.2) is 0 Å². The van der Waals surface area contributed by atoms with Crippen LogP contribution in [0.5, 0.6) is 23.0 Å². The summed E-state index contributed by atoms with van der Waals surface area (Å²) >= 11 is 0. The van der Waals surface area contributed by atoms with Crippen molar-refractivity contribution < 1.29 is 9.47 Å². The molecule has 0 heterocycles. The minimum atomic E-state index is 0.633. The molecule has 0 bridgehead atoms. The second-order valence-corrected chi connectivity index (χ2v) is 5.22. The number of hydrogen-bond donors (Lipinski definition) is 0. The number of benzene rings is 3. The molecule has 0 aromatic heterocycles. The quantitative estimate of drug-likeness (QED) is 0.614. The molecule has 1 radical (unpaired) electrons. The lowest BCUT2D eigenvalue weighted by molar-refractivity contribution is 0.459. The first-order valence-electron chi connectivity index (χ1n) is 7.20. The highest BCUT2D eigenvalue weighted by atomic mass is 16.5. The Balaban J connectivity index is 1.74. The van der Waals surface area contributed by atoms with Crippen molar-refractivity contribution in [2.75, 3.05) is 0 Å². The molecule has 0 amide bonds. The van der Waals surface area contributed by atoms with Crippen molar-refractivity contribution in [1.82, 2.24) is 0 Å². The third kappa shape index (κ3) is 3.67. The Morgan fingerprint density at radius 2 is 1.18 bits per heavy atom. The molecule has 0 spiro atoms. The molecule has 3 aromatic carbocycles. The zero-order valence-electron chi connectivity index (χ0n) is 12.7. The average Bonchev–Trinajstić information content (AvgIpc) is 2.52.